The molecule has 37 heavy (non-hydrogen) atoms. The Hall–Kier alpha value is -3.74. The Morgan fingerprint density at radius 3 is 2.46 bits per heavy atom. The lowest BCUT2D eigenvalue weighted by atomic mass is 9.94. The molecular weight excluding hydrogens is 464 g/mol. The first kappa shape index (κ1) is 24.9. The second kappa shape index (κ2) is 9.96. The summed E-state index contributed by atoms with van der Waals surface area (Å²) in [6.07, 6.45) is 9.60. The van der Waals surface area contributed by atoms with Crippen LogP contribution in [0.25, 0.3) is 17.0 Å². The predicted molar refractivity (Wildman–Crippen MR) is 140 cm³/mol. The molecule has 7 heteroatoms. The number of hydrogen-bond donors (Lipinski definition) is 0. The molecule has 3 aromatic rings. The largest absolute Gasteiger partial charge is 0.858 e. The molecule has 1 aliphatic heterocycles. The Bertz CT molecular complexity index is 1410. The smallest absolute Gasteiger partial charge is 0.327 e. The van der Waals surface area contributed by atoms with E-state index in [1.807, 2.05) is 64.2 Å². The fourth-order valence-electron chi connectivity index (χ4n) is 5.69. The molecule has 7 nitrogen and oxygen atoms in total. The van der Waals surface area contributed by atoms with Crippen LogP contribution in [0, 0.1) is 13.8 Å². The van der Waals surface area contributed by atoms with E-state index >= 15 is 0 Å². The first-order chi connectivity index (χ1) is 17.8. The lowest BCUT2D eigenvalue weighted by Crippen LogP contribution is -2.45. The third-order valence-corrected chi connectivity index (χ3v) is 7.64. The van der Waals surface area contributed by atoms with E-state index in [1.54, 1.807) is 10.8 Å². The maximum absolute atomic E-state index is 14.1. The molecule has 0 radical (unpaired) electrons. The van der Waals surface area contributed by atoms with Crippen molar-refractivity contribution in [2.75, 3.05) is 0 Å². The SMILES string of the molecule is CCc1ccc[n+](C2=C(c3c(CC)nn(-c4ccc(C)cc4C)c3[O-])C(=O)N(C3CCCCC3)C2=O)c1. The van der Waals surface area contributed by atoms with Crippen molar-refractivity contribution in [2.45, 2.75) is 78.7 Å². The van der Waals surface area contributed by atoms with E-state index in [1.165, 1.54) is 9.58 Å². The Balaban J connectivity index is 1.74. The van der Waals surface area contributed by atoms with Gasteiger partial charge in [0, 0.05) is 23.2 Å². The zero-order valence-corrected chi connectivity index (χ0v) is 22.1. The highest BCUT2D eigenvalue weighted by molar-refractivity contribution is 6.45. The number of nitrogens with zero attached hydrogens (tertiary/aromatic N) is 4. The van der Waals surface area contributed by atoms with Crippen LogP contribution >= 0.6 is 0 Å². The molecule has 2 aliphatic rings. The van der Waals surface area contributed by atoms with Crippen molar-refractivity contribution in [1.82, 2.24) is 14.7 Å². The summed E-state index contributed by atoms with van der Waals surface area (Å²) >= 11 is 0. The second-order valence-corrected chi connectivity index (χ2v) is 10.2. The highest BCUT2D eigenvalue weighted by atomic mass is 16.3. The highest BCUT2D eigenvalue weighted by Gasteiger charge is 2.49. The lowest BCUT2D eigenvalue weighted by Gasteiger charge is -2.29. The number of rotatable bonds is 6. The molecule has 3 heterocycles. The van der Waals surface area contributed by atoms with Gasteiger partial charge in [0.15, 0.2) is 12.4 Å². The van der Waals surface area contributed by atoms with Crippen molar-refractivity contribution >= 4 is 23.1 Å². The number of carbonyl (C=O) groups excluding carboxylic acids is 2. The molecule has 0 N–H and O–H groups in total. The molecule has 0 saturated heterocycles. The first-order valence-corrected chi connectivity index (χ1v) is 13.3. The van der Waals surface area contributed by atoms with E-state index in [-0.39, 0.29) is 40.6 Å². The van der Waals surface area contributed by atoms with Crippen LogP contribution in [-0.2, 0) is 22.4 Å². The van der Waals surface area contributed by atoms with Gasteiger partial charge in [-0.25, -0.2) is 4.68 Å². The Labute approximate surface area is 218 Å². The van der Waals surface area contributed by atoms with Crippen LogP contribution in [0.3, 0.4) is 0 Å². The van der Waals surface area contributed by atoms with Crippen molar-refractivity contribution < 1.29 is 19.3 Å². The number of benzene rings is 1. The summed E-state index contributed by atoms with van der Waals surface area (Å²) in [6, 6.07) is 9.56. The monoisotopic (exact) mass is 498 g/mol. The molecule has 1 saturated carbocycles. The van der Waals surface area contributed by atoms with Crippen molar-refractivity contribution in [3.63, 3.8) is 0 Å². The third-order valence-electron chi connectivity index (χ3n) is 7.64. The molecule has 0 bridgehead atoms. The molecule has 0 atom stereocenters. The van der Waals surface area contributed by atoms with Crippen LogP contribution in [0.1, 0.15) is 73.9 Å². The maximum Gasteiger partial charge on any atom is 0.327 e. The van der Waals surface area contributed by atoms with Crippen molar-refractivity contribution in [3.8, 4) is 11.6 Å². The van der Waals surface area contributed by atoms with Crippen LogP contribution < -0.4 is 9.67 Å². The molecule has 0 unspecified atom stereocenters. The summed E-state index contributed by atoms with van der Waals surface area (Å²) < 4.78 is 3.12. The van der Waals surface area contributed by atoms with Gasteiger partial charge in [-0.3, -0.25) is 14.5 Å². The summed E-state index contributed by atoms with van der Waals surface area (Å²) in [7, 11) is 0. The lowest BCUT2D eigenvalue weighted by molar-refractivity contribution is -0.577. The Kier molecular flexibility index (Phi) is 6.71. The number of aryl methyl sites for hydroxylation is 4. The summed E-state index contributed by atoms with van der Waals surface area (Å²) in [5, 5.41) is 18.7. The summed E-state index contributed by atoms with van der Waals surface area (Å²) in [6.45, 7) is 7.91. The number of aromatic nitrogens is 3. The zero-order chi connectivity index (χ0) is 26.3. The van der Waals surface area contributed by atoms with Gasteiger partial charge in [-0.05, 0) is 63.1 Å². The van der Waals surface area contributed by atoms with Crippen molar-refractivity contribution in [2.24, 2.45) is 0 Å². The molecular formula is C30H34N4O3. The van der Waals surface area contributed by atoms with Crippen LogP contribution in [-0.4, -0.2) is 32.5 Å². The Morgan fingerprint density at radius 2 is 1.78 bits per heavy atom. The molecule has 1 fully saturated rings. The molecule has 1 aromatic carbocycles. The highest BCUT2D eigenvalue weighted by Crippen LogP contribution is 2.39. The standard InChI is InChI=1S/C30H34N4O3/c1-5-21-11-10-16-32(18-21)27-26(28(35)33(30(27)37)22-12-8-7-9-13-22)25-23(6-2)31-34(29(25)36)24-15-14-19(3)17-20(24)4/h10-11,14-18,22H,5-9,12-13H2,1-4H3. The van der Waals surface area contributed by atoms with Crippen molar-refractivity contribution in [1.29, 1.82) is 0 Å². The molecule has 1 aliphatic carbocycles. The minimum atomic E-state index is -0.381. The van der Waals surface area contributed by atoms with Gasteiger partial charge in [-0.1, -0.05) is 50.8 Å². The van der Waals surface area contributed by atoms with Crippen LogP contribution in [0.15, 0.2) is 42.7 Å². The summed E-state index contributed by atoms with van der Waals surface area (Å²) in [5.41, 5.74) is 4.92. The van der Waals surface area contributed by atoms with Crippen LogP contribution in [0.5, 0.6) is 5.88 Å². The molecule has 2 amide bonds. The normalized spacial score (nSPS) is 16.8. The van der Waals surface area contributed by atoms with E-state index < -0.39 is 0 Å². The van der Waals surface area contributed by atoms with Gasteiger partial charge in [0.05, 0.1) is 11.4 Å². The van der Waals surface area contributed by atoms with Gasteiger partial charge in [-0.15, -0.1) is 0 Å². The molecule has 192 valence electrons. The minimum Gasteiger partial charge on any atom is -0.858 e. The third kappa shape index (κ3) is 4.26. The number of carbonyl (C=O) groups is 2. The number of amides is 2. The molecule has 2 aromatic heterocycles. The van der Waals surface area contributed by atoms with Gasteiger partial charge >= 0.3 is 5.91 Å². The van der Waals surface area contributed by atoms with E-state index in [9.17, 15) is 14.7 Å². The van der Waals surface area contributed by atoms with Gasteiger partial charge in [0.1, 0.15) is 5.57 Å². The number of hydrogen-bond acceptors (Lipinski definition) is 4. The maximum atomic E-state index is 14.1. The topological polar surface area (TPSA) is 82.1 Å². The van der Waals surface area contributed by atoms with Gasteiger partial charge in [-0.2, -0.15) is 9.67 Å². The quantitative estimate of drug-likeness (QED) is 0.379. The minimum absolute atomic E-state index is 0.147. The van der Waals surface area contributed by atoms with Crippen LogP contribution in [0.4, 0.5) is 0 Å². The average Bonchev–Trinajstić information content (AvgIpc) is 3.36. The summed E-state index contributed by atoms with van der Waals surface area (Å²) in [5.74, 6) is -1.07. The first-order valence-electron chi connectivity index (χ1n) is 13.3. The fourth-order valence-corrected chi connectivity index (χ4v) is 5.69. The van der Waals surface area contributed by atoms with Crippen molar-refractivity contribution in [3.05, 3.63) is 70.7 Å². The fraction of sp³-hybridized carbons (Fsp3) is 0.400. The van der Waals surface area contributed by atoms with Gasteiger partial charge in [0.25, 0.3) is 11.6 Å². The second-order valence-electron chi connectivity index (χ2n) is 10.2. The predicted octanol–water partition coefficient (Wildman–Crippen LogP) is 4.04. The summed E-state index contributed by atoms with van der Waals surface area (Å²) in [4.78, 5) is 29.5. The van der Waals surface area contributed by atoms with E-state index in [0.717, 1.165) is 55.2 Å². The molecule has 0 spiro atoms. The van der Waals surface area contributed by atoms with E-state index in [2.05, 4.69) is 5.10 Å². The molecule has 5 rings (SSSR count). The van der Waals surface area contributed by atoms with Gasteiger partial charge in [0.2, 0.25) is 0 Å². The average molecular weight is 499 g/mol. The zero-order valence-electron chi connectivity index (χ0n) is 22.1. The van der Waals surface area contributed by atoms with E-state index in [0.29, 0.717) is 17.8 Å². The number of pyridine rings is 1. The van der Waals surface area contributed by atoms with E-state index in [4.69, 9.17) is 0 Å². The number of imide groups is 1. The van der Waals surface area contributed by atoms with Gasteiger partial charge < -0.3 is 5.11 Å². The Morgan fingerprint density at radius 1 is 1.03 bits per heavy atom. The van der Waals surface area contributed by atoms with Crippen LogP contribution in [0.2, 0.25) is 0 Å².